The van der Waals surface area contributed by atoms with Crippen molar-refractivity contribution in [3.8, 4) is 23.0 Å². The number of nitrogens with zero attached hydrogens (tertiary/aromatic N) is 2. The fraction of sp³-hybridized carbons (Fsp3) is 0.167. The Bertz CT molecular complexity index is 1120. The lowest BCUT2D eigenvalue weighted by Gasteiger charge is -2.17. The molecule has 6 nitrogen and oxygen atoms in total. The molecule has 1 aromatic heterocycles. The van der Waals surface area contributed by atoms with Crippen LogP contribution in [0.1, 0.15) is 11.1 Å². The Kier molecular flexibility index (Phi) is 7.91. The lowest BCUT2D eigenvalue weighted by molar-refractivity contribution is -0.125. The van der Waals surface area contributed by atoms with Crippen LogP contribution in [-0.4, -0.2) is 36.6 Å². The number of hydrogen-bond acceptors (Lipinski definition) is 5. The molecule has 0 N–H and O–H groups in total. The van der Waals surface area contributed by atoms with E-state index in [4.69, 9.17) is 9.47 Å². The van der Waals surface area contributed by atoms with Crippen molar-refractivity contribution in [1.29, 1.82) is 0 Å². The van der Waals surface area contributed by atoms with Gasteiger partial charge >= 0.3 is 6.61 Å². The molecule has 0 radical (unpaired) electrons. The Hall–Kier alpha value is -4.01. The van der Waals surface area contributed by atoms with Crippen molar-refractivity contribution in [1.82, 2.24) is 9.88 Å². The van der Waals surface area contributed by atoms with Crippen LogP contribution >= 0.6 is 0 Å². The number of methoxy groups -OCH3 is 1. The van der Waals surface area contributed by atoms with Crippen molar-refractivity contribution in [3.63, 3.8) is 0 Å². The number of aromatic nitrogens is 1. The number of alkyl halides is 2. The molecule has 172 valence electrons. The number of ether oxygens (including phenoxy) is 3. The molecular weight excluding hydrogens is 437 g/mol. The topological polar surface area (TPSA) is 60.9 Å². The molecule has 0 unspecified atom stereocenters. The van der Waals surface area contributed by atoms with Crippen molar-refractivity contribution < 1.29 is 32.2 Å². The number of carbonyl (C=O) groups excluding carboxylic acids is 1. The number of carbonyl (C=O) groups is 1. The molecule has 2 aromatic carbocycles. The van der Waals surface area contributed by atoms with Crippen molar-refractivity contribution in [2.75, 3.05) is 14.2 Å². The van der Waals surface area contributed by atoms with Gasteiger partial charge in [-0.25, -0.2) is 4.39 Å². The van der Waals surface area contributed by atoms with Crippen LogP contribution < -0.4 is 14.2 Å². The van der Waals surface area contributed by atoms with Gasteiger partial charge in [0, 0.05) is 25.9 Å². The molecule has 3 aromatic rings. The maximum atomic E-state index is 14.3. The Morgan fingerprint density at radius 2 is 1.91 bits per heavy atom. The highest BCUT2D eigenvalue weighted by Crippen LogP contribution is 2.30. The summed E-state index contributed by atoms with van der Waals surface area (Å²) in [6, 6.07) is 12.1. The predicted octanol–water partition coefficient (Wildman–Crippen LogP) is 5.29. The number of benzene rings is 2. The first kappa shape index (κ1) is 23.6. The van der Waals surface area contributed by atoms with Gasteiger partial charge in [-0.1, -0.05) is 12.1 Å². The highest BCUT2D eigenvalue weighted by Gasteiger charge is 2.13. The van der Waals surface area contributed by atoms with E-state index >= 15 is 0 Å². The summed E-state index contributed by atoms with van der Waals surface area (Å²) in [4.78, 5) is 17.7. The normalized spacial score (nSPS) is 11.0. The van der Waals surface area contributed by atoms with E-state index in [2.05, 4.69) is 9.72 Å². The summed E-state index contributed by atoms with van der Waals surface area (Å²) in [5.41, 5.74) is 1.03. The van der Waals surface area contributed by atoms with E-state index in [0.29, 0.717) is 16.9 Å². The van der Waals surface area contributed by atoms with Crippen molar-refractivity contribution in [3.05, 3.63) is 83.9 Å². The predicted molar refractivity (Wildman–Crippen MR) is 116 cm³/mol. The summed E-state index contributed by atoms with van der Waals surface area (Å²) >= 11 is 0. The standard InChI is InChI=1S/C24H21F3N2O4/c1-29(15-17-6-9-21(31-2)22(13-17)33-24(26)27)23(30)10-7-16-5-8-20(19(25)12-16)32-18-4-3-11-28-14-18/h3-14,24H,15H2,1-2H3/b10-7+. The lowest BCUT2D eigenvalue weighted by Crippen LogP contribution is -2.24. The van der Waals surface area contributed by atoms with Gasteiger partial charge < -0.3 is 19.1 Å². The maximum Gasteiger partial charge on any atom is 0.387 e. The monoisotopic (exact) mass is 458 g/mol. The zero-order chi connectivity index (χ0) is 23.8. The van der Waals surface area contributed by atoms with Crippen LogP contribution in [0.2, 0.25) is 0 Å². The number of amides is 1. The van der Waals surface area contributed by atoms with Crippen molar-refractivity contribution in [2.45, 2.75) is 13.2 Å². The molecule has 0 saturated carbocycles. The maximum absolute atomic E-state index is 14.3. The second kappa shape index (κ2) is 11.0. The number of hydrogen-bond donors (Lipinski definition) is 0. The van der Waals surface area contributed by atoms with E-state index in [1.807, 2.05) is 0 Å². The van der Waals surface area contributed by atoms with Gasteiger partial charge in [0.1, 0.15) is 5.75 Å². The Morgan fingerprint density at radius 3 is 2.58 bits per heavy atom. The minimum atomic E-state index is -3.00. The fourth-order valence-electron chi connectivity index (χ4n) is 2.89. The quantitative estimate of drug-likeness (QED) is 0.408. The van der Waals surface area contributed by atoms with Gasteiger partial charge in [-0.2, -0.15) is 8.78 Å². The summed E-state index contributed by atoms with van der Waals surface area (Å²) in [5, 5.41) is 0. The molecule has 0 atom stereocenters. The zero-order valence-electron chi connectivity index (χ0n) is 17.9. The first-order valence-electron chi connectivity index (χ1n) is 9.78. The van der Waals surface area contributed by atoms with Crippen LogP contribution in [-0.2, 0) is 11.3 Å². The minimum absolute atomic E-state index is 0.0323. The fourth-order valence-corrected chi connectivity index (χ4v) is 2.89. The van der Waals surface area contributed by atoms with Crippen molar-refractivity contribution >= 4 is 12.0 Å². The van der Waals surface area contributed by atoms with Crippen LogP contribution in [0, 0.1) is 5.82 Å². The summed E-state index contributed by atoms with van der Waals surface area (Å²) < 4.78 is 54.4. The lowest BCUT2D eigenvalue weighted by atomic mass is 10.1. The molecular formula is C24H21F3N2O4. The second-order valence-electron chi connectivity index (χ2n) is 6.87. The van der Waals surface area contributed by atoms with E-state index in [-0.39, 0.29) is 29.7 Å². The van der Waals surface area contributed by atoms with Gasteiger partial charge in [0.15, 0.2) is 23.1 Å². The van der Waals surface area contributed by atoms with Gasteiger partial charge in [0.2, 0.25) is 5.91 Å². The molecule has 0 fully saturated rings. The number of likely N-dealkylation sites (N-methyl/N-ethyl adjacent to an activating group) is 1. The van der Waals surface area contributed by atoms with Crippen LogP contribution in [0.3, 0.4) is 0 Å². The average Bonchev–Trinajstić information content (AvgIpc) is 2.79. The van der Waals surface area contributed by atoms with Gasteiger partial charge in [-0.15, -0.1) is 0 Å². The van der Waals surface area contributed by atoms with Gasteiger partial charge in [0.25, 0.3) is 0 Å². The molecule has 1 amide bonds. The third-order valence-electron chi connectivity index (χ3n) is 4.48. The van der Waals surface area contributed by atoms with Crippen LogP contribution in [0.5, 0.6) is 23.0 Å². The molecule has 9 heteroatoms. The first-order valence-corrected chi connectivity index (χ1v) is 9.78. The SMILES string of the molecule is COc1ccc(CN(C)C(=O)/C=C/c2ccc(Oc3cccnc3)c(F)c2)cc1OC(F)F. The molecule has 33 heavy (non-hydrogen) atoms. The largest absolute Gasteiger partial charge is 0.493 e. The second-order valence-corrected chi connectivity index (χ2v) is 6.87. The Balaban J connectivity index is 1.63. The Labute approximate surface area is 188 Å². The highest BCUT2D eigenvalue weighted by molar-refractivity contribution is 5.91. The van der Waals surface area contributed by atoms with Gasteiger partial charge in [-0.3, -0.25) is 9.78 Å². The zero-order valence-corrected chi connectivity index (χ0v) is 17.9. The molecule has 1 heterocycles. The van der Waals surface area contributed by atoms with E-state index in [1.165, 1.54) is 54.6 Å². The number of pyridine rings is 1. The number of halogens is 3. The summed E-state index contributed by atoms with van der Waals surface area (Å²) in [6.45, 7) is -2.86. The molecule has 3 rings (SSSR count). The Morgan fingerprint density at radius 1 is 1.12 bits per heavy atom. The molecule has 0 spiro atoms. The van der Waals surface area contributed by atoms with E-state index in [1.54, 1.807) is 37.5 Å². The summed E-state index contributed by atoms with van der Waals surface area (Å²) in [5.74, 6) is -0.483. The van der Waals surface area contributed by atoms with Gasteiger partial charge in [-0.05, 0) is 53.6 Å². The first-order chi connectivity index (χ1) is 15.9. The average molecular weight is 458 g/mol. The molecule has 0 aliphatic heterocycles. The summed E-state index contributed by atoms with van der Waals surface area (Å²) in [6.07, 6.45) is 5.80. The number of rotatable bonds is 9. The van der Waals surface area contributed by atoms with Crippen LogP contribution in [0.25, 0.3) is 6.08 Å². The third-order valence-corrected chi connectivity index (χ3v) is 4.48. The van der Waals surface area contributed by atoms with E-state index in [9.17, 15) is 18.0 Å². The molecule has 0 saturated heterocycles. The van der Waals surface area contributed by atoms with Crippen LogP contribution in [0.15, 0.2) is 67.0 Å². The highest BCUT2D eigenvalue weighted by atomic mass is 19.3. The van der Waals surface area contributed by atoms with Crippen LogP contribution in [0.4, 0.5) is 13.2 Å². The third kappa shape index (κ3) is 6.73. The van der Waals surface area contributed by atoms with Crippen molar-refractivity contribution in [2.24, 2.45) is 0 Å². The smallest absolute Gasteiger partial charge is 0.387 e. The molecule has 0 aliphatic rings. The van der Waals surface area contributed by atoms with Gasteiger partial charge in [0.05, 0.1) is 13.3 Å². The van der Waals surface area contributed by atoms with E-state index in [0.717, 1.165) is 0 Å². The summed E-state index contributed by atoms with van der Waals surface area (Å²) in [7, 11) is 2.89. The van der Waals surface area contributed by atoms with E-state index < -0.39 is 12.4 Å². The minimum Gasteiger partial charge on any atom is -0.493 e. The molecule has 0 bridgehead atoms. The molecule has 0 aliphatic carbocycles.